The number of rotatable bonds is 3. The van der Waals surface area contributed by atoms with Gasteiger partial charge in [0.1, 0.15) is 0 Å². The molecule has 22 heavy (non-hydrogen) atoms. The smallest absolute Gasteiger partial charge is 0.449 e. The van der Waals surface area contributed by atoms with Crippen LogP contribution in [0.25, 0.3) is 0 Å². The average Bonchev–Trinajstić information content (AvgIpc) is 2.67. The molecule has 0 bridgehead atoms. The first-order valence-corrected chi connectivity index (χ1v) is 7.48. The molecule has 1 aromatic carbocycles. The molecule has 0 saturated heterocycles. The van der Waals surface area contributed by atoms with E-state index in [1.807, 2.05) is 23.7 Å². The van der Waals surface area contributed by atoms with Crippen molar-refractivity contribution in [1.82, 2.24) is 9.47 Å². The Morgan fingerprint density at radius 2 is 1.95 bits per heavy atom. The van der Waals surface area contributed by atoms with Gasteiger partial charge >= 0.3 is 6.16 Å². The second-order valence-electron chi connectivity index (χ2n) is 5.64. The first-order chi connectivity index (χ1) is 10.6. The van der Waals surface area contributed by atoms with Gasteiger partial charge in [0.2, 0.25) is 5.88 Å². The summed E-state index contributed by atoms with van der Waals surface area (Å²) >= 11 is 0. The van der Waals surface area contributed by atoms with Gasteiger partial charge in [-0.2, -0.15) is 0 Å². The van der Waals surface area contributed by atoms with E-state index in [0.717, 1.165) is 32.5 Å². The van der Waals surface area contributed by atoms with Crippen LogP contribution in [-0.4, -0.2) is 33.8 Å². The lowest BCUT2D eigenvalue weighted by Crippen LogP contribution is -2.26. The standard InChI is InChI=1S/C17H20N2O3/c1-18-15-8-10-19(12-13-5-3-2-4-6-13)9-7-14(15)11-16(18)22-17(20)21/h2-6,11H,7-10,12H2,1H3,(H,20,21). The molecule has 2 aromatic rings. The summed E-state index contributed by atoms with van der Waals surface area (Å²) in [6.45, 7) is 2.89. The van der Waals surface area contributed by atoms with Gasteiger partial charge in [-0.25, -0.2) is 4.79 Å². The minimum Gasteiger partial charge on any atom is -0.449 e. The summed E-state index contributed by atoms with van der Waals surface area (Å²) in [4.78, 5) is 13.2. The molecule has 1 aliphatic rings. The third kappa shape index (κ3) is 3.14. The minimum atomic E-state index is -1.26. The summed E-state index contributed by atoms with van der Waals surface area (Å²) in [5.41, 5.74) is 3.68. The van der Waals surface area contributed by atoms with Gasteiger partial charge in [0.25, 0.3) is 0 Å². The predicted octanol–water partition coefficient (Wildman–Crippen LogP) is 2.68. The Labute approximate surface area is 129 Å². The fourth-order valence-corrected chi connectivity index (χ4v) is 3.06. The summed E-state index contributed by atoms with van der Waals surface area (Å²) in [6.07, 6.45) is 0.558. The fourth-order valence-electron chi connectivity index (χ4n) is 3.06. The van der Waals surface area contributed by atoms with E-state index in [1.165, 1.54) is 16.8 Å². The van der Waals surface area contributed by atoms with Gasteiger partial charge in [0.05, 0.1) is 0 Å². The monoisotopic (exact) mass is 300 g/mol. The maximum absolute atomic E-state index is 10.7. The van der Waals surface area contributed by atoms with Gasteiger partial charge in [-0.05, 0) is 17.5 Å². The van der Waals surface area contributed by atoms with Crippen molar-refractivity contribution in [3.8, 4) is 5.88 Å². The summed E-state index contributed by atoms with van der Waals surface area (Å²) < 4.78 is 6.68. The Morgan fingerprint density at radius 1 is 1.23 bits per heavy atom. The van der Waals surface area contributed by atoms with Crippen LogP contribution in [0.5, 0.6) is 5.88 Å². The molecule has 1 N–H and O–H groups in total. The van der Waals surface area contributed by atoms with Crippen molar-refractivity contribution in [2.24, 2.45) is 7.05 Å². The van der Waals surface area contributed by atoms with Crippen molar-refractivity contribution >= 4 is 6.16 Å². The van der Waals surface area contributed by atoms with E-state index in [-0.39, 0.29) is 0 Å². The highest BCUT2D eigenvalue weighted by molar-refractivity contribution is 5.60. The van der Waals surface area contributed by atoms with E-state index >= 15 is 0 Å². The molecule has 1 aromatic heterocycles. The lowest BCUT2D eigenvalue weighted by Gasteiger charge is -2.20. The van der Waals surface area contributed by atoms with Crippen LogP contribution in [0.4, 0.5) is 4.79 Å². The molecule has 0 radical (unpaired) electrons. The second kappa shape index (κ2) is 6.23. The molecular formula is C17H20N2O3. The molecule has 1 aliphatic heterocycles. The van der Waals surface area contributed by atoms with Crippen molar-refractivity contribution in [3.05, 3.63) is 53.2 Å². The Kier molecular flexibility index (Phi) is 4.15. The largest absolute Gasteiger partial charge is 0.512 e. The Morgan fingerprint density at radius 3 is 2.68 bits per heavy atom. The molecule has 5 nitrogen and oxygen atoms in total. The van der Waals surface area contributed by atoms with Crippen molar-refractivity contribution in [2.75, 3.05) is 13.1 Å². The molecule has 2 heterocycles. The van der Waals surface area contributed by atoms with Gasteiger partial charge in [0.15, 0.2) is 0 Å². The highest BCUT2D eigenvalue weighted by Gasteiger charge is 2.20. The fraction of sp³-hybridized carbons (Fsp3) is 0.353. The first kappa shape index (κ1) is 14.7. The molecule has 0 spiro atoms. The molecule has 116 valence electrons. The first-order valence-electron chi connectivity index (χ1n) is 7.48. The van der Waals surface area contributed by atoms with Crippen LogP contribution in [0.3, 0.4) is 0 Å². The van der Waals surface area contributed by atoms with Crippen molar-refractivity contribution in [1.29, 1.82) is 0 Å². The highest BCUT2D eigenvalue weighted by atomic mass is 16.7. The third-order valence-electron chi connectivity index (χ3n) is 4.21. The van der Waals surface area contributed by atoms with Gasteiger partial charge in [0, 0.05) is 44.9 Å². The number of carbonyl (C=O) groups is 1. The van der Waals surface area contributed by atoms with Gasteiger partial charge in [-0.3, -0.25) is 4.90 Å². The Bertz CT molecular complexity index is 664. The van der Waals surface area contributed by atoms with Crippen molar-refractivity contribution in [2.45, 2.75) is 19.4 Å². The SMILES string of the molecule is Cn1c(OC(=O)O)cc2c1CCN(Cc1ccccc1)CC2. The van der Waals surface area contributed by atoms with Gasteiger partial charge in [-0.1, -0.05) is 30.3 Å². The number of hydrogen-bond acceptors (Lipinski definition) is 3. The van der Waals surface area contributed by atoms with Crippen LogP contribution < -0.4 is 4.74 Å². The molecule has 3 rings (SSSR count). The average molecular weight is 300 g/mol. The topological polar surface area (TPSA) is 54.7 Å². The number of ether oxygens (including phenoxy) is 1. The summed E-state index contributed by atoms with van der Waals surface area (Å²) in [5, 5.41) is 8.77. The van der Waals surface area contributed by atoms with E-state index in [4.69, 9.17) is 9.84 Å². The number of nitrogens with zero attached hydrogens (tertiary/aromatic N) is 2. The summed E-state index contributed by atoms with van der Waals surface area (Å²) in [5.74, 6) is 0.411. The Balaban J connectivity index is 1.70. The number of hydrogen-bond donors (Lipinski definition) is 1. The van der Waals surface area contributed by atoms with Crippen LogP contribution in [0.1, 0.15) is 16.8 Å². The normalized spacial score (nSPS) is 15.1. The van der Waals surface area contributed by atoms with Gasteiger partial charge in [-0.15, -0.1) is 0 Å². The predicted molar refractivity (Wildman–Crippen MR) is 83.2 cm³/mol. The maximum atomic E-state index is 10.7. The van der Waals surface area contributed by atoms with Crippen LogP contribution in [0, 0.1) is 0 Å². The minimum absolute atomic E-state index is 0.411. The number of fused-ring (bicyclic) bond motifs is 1. The quantitative estimate of drug-likeness (QED) is 0.886. The molecule has 0 unspecified atom stereocenters. The van der Waals surface area contributed by atoms with Crippen LogP contribution in [-0.2, 0) is 26.4 Å². The third-order valence-corrected chi connectivity index (χ3v) is 4.21. The maximum Gasteiger partial charge on any atom is 0.512 e. The van der Waals surface area contributed by atoms with E-state index in [2.05, 4.69) is 29.2 Å². The van der Waals surface area contributed by atoms with E-state index in [9.17, 15) is 4.79 Å². The van der Waals surface area contributed by atoms with Crippen molar-refractivity contribution in [3.63, 3.8) is 0 Å². The van der Waals surface area contributed by atoms with E-state index in [1.54, 1.807) is 0 Å². The summed E-state index contributed by atoms with van der Waals surface area (Å²) in [6, 6.07) is 12.3. The highest BCUT2D eigenvalue weighted by Crippen LogP contribution is 2.25. The van der Waals surface area contributed by atoms with E-state index < -0.39 is 6.16 Å². The molecule has 5 heteroatoms. The van der Waals surface area contributed by atoms with Crippen LogP contribution >= 0.6 is 0 Å². The lowest BCUT2D eigenvalue weighted by molar-refractivity contribution is 0.141. The Hall–Kier alpha value is -2.27. The number of benzene rings is 1. The van der Waals surface area contributed by atoms with Crippen molar-refractivity contribution < 1.29 is 14.6 Å². The summed E-state index contributed by atoms with van der Waals surface area (Å²) in [7, 11) is 1.87. The zero-order valence-corrected chi connectivity index (χ0v) is 12.7. The zero-order valence-electron chi connectivity index (χ0n) is 12.7. The van der Waals surface area contributed by atoms with E-state index in [0.29, 0.717) is 5.88 Å². The second-order valence-corrected chi connectivity index (χ2v) is 5.64. The van der Waals surface area contributed by atoms with Crippen LogP contribution in [0.2, 0.25) is 0 Å². The molecular weight excluding hydrogens is 280 g/mol. The van der Waals surface area contributed by atoms with Gasteiger partial charge < -0.3 is 14.4 Å². The molecule has 0 saturated carbocycles. The molecule has 0 fully saturated rings. The molecule has 0 atom stereocenters. The van der Waals surface area contributed by atoms with Crippen LogP contribution in [0.15, 0.2) is 36.4 Å². The molecule has 0 aliphatic carbocycles. The number of carboxylic acid groups (broad SMARTS) is 1. The molecule has 0 amide bonds. The zero-order chi connectivity index (χ0) is 15.5. The number of aromatic nitrogens is 1. The lowest BCUT2D eigenvalue weighted by atomic mass is 10.1.